The fourth-order valence-corrected chi connectivity index (χ4v) is 2.87. The zero-order valence-corrected chi connectivity index (χ0v) is 14.1. The summed E-state index contributed by atoms with van der Waals surface area (Å²) in [5.74, 6) is -1.79. The molecule has 0 aromatic heterocycles. The van der Waals surface area contributed by atoms with Crippen LogP contribution in [-0.4, -0.2) is 31.6 Å². The summed E-state index contributed by atoms with van der Waals surface area (Å²) in [6.45, 7) is 6.20. The maximum atomic E-state index is 12.2. The van der Waals surface area contributed by atoms with Crippen molar-refractivity contribution < 1.29 is 24.0 Å². The topological polar surface area (TPSA) is 54.0 Å². The number of carbonyl (C=O) groups is 1. The molecule has 0 radical (unpaired) electrons. The zero-order chi connectivity index (χ0) is 15.9. The maximum Gasteiger partial charge on any atom is 0.314 e. The number of ether oxygens (including phenoxy) is 2. The van der Waals surface area contributed by atoms with Gasteiger partial charge in [0, 0.05) is 13.5 Å². The van der Waals surface area contributed by atoms with E-state index in [1.807, 2.05) is 6.92 Å². The van der Waals surface area contributed by atoms with Crippen LogP contribution in [0.5, 0.6) is 0 Å². The lowest BCUT2D eigenvalue weighted by Crippen LogP contribution is -2.56. The molecule has 1 fully saturated rings. The largest absolute Gasteiger partial charge is 0.469 e. The Morgan fingerprint density at radius 3 is 2.29 bits per heavy atom. The van der Waals surface area contributed by atoms with Gasteiger partial charge in [-0.2, -0.15) is 4.89 Å². The summed E-state index contributed by atoms with van der Waals surface area (Å²) >= 11 is 0. The summed E-state index contributed by atoms with van der Waals surface area (Å²) in [7, 11) is 2.96. The number of carbonyl (C=O) groups excluding carboxylic acids is 1. The van der Waals surface area contributed by atoms with E-state index in [0.717, 1.165) is 32.1 Å². The number of methoxy groups -OCH3 is 2. The third kappa shape index (κ3) is 4.41. The Kier molecular flexibility index (Phi) is 7.10. The van der Waals surface area contributed by atoms with Gasteiger partial charge in [-0.25, -0.2) is 4.89 Å². The van der Waals surface area contributed by atoms with E-state index in [0.29, 0.717) is 12.8 Å². The molecule has 1 aliphatic rings. The number of unbranched alkanes of at least 4 members (excludes halogenated alkanes) is 2. The molecule has 1 rings (SSSR count). The molecule has 0 saturated carbocycles. The third-order valence-electron chi connectivity index (χ3n) is 4.32. The molecule has 0 aromatic carbocycles. The van der Waals surface area contributed by atoms with Crippen LogP contribution in [0.4, 0.5) is 0 Å². The summed E-state index contributed by atoms with van der Waals surface area (Å²) in [6.07, 6.45) is 6.02. The van der Waals surface area contributed by atoms with Crippen LogP contribution < -0.4 is 0 Å². The van der Waals surface area contributed by atoms with Crippen molar-refractivity contribution in [3.63, 3.8) is 0 Å². The molecule has 0 spiro atoms. The Morgan fingerprint density at radius 1 is 1.14 bits per heavy atom. The smallest absolute Gasteiger partial charge is 0.314 e. The van der Waals surface area contributed by atoms with E-state index in [-0.39, 0.29) is 5.97 Å². The van der Waals surface area contributed by atoms with Crippen molar-refractivity contribution in [1.29, 1.82) is 0 Å². The summed E-state index contributed by atoms with van der Waals surface area (Å²) in [4.78, 5) is 23.5. The van der Waals surface area contributed by atoms with Crippen molar-refractivity contribution in [1.82, 2.24) is 0 Å². The molecule has 0 bridgehead atoms. The van der Waals surface area contributed by atoms with E-state index in [1.165, 1.54) is 7.11 Å². The van der Waals surface area contributed by atoms with E-state index in [4.69, 9.17) is 19.2 Å². The van der Waals surface area contributed by atoms with Crippen molar-refractivity contribution in [2.75, 3.05) is 14.2 Å². The highest BCUT2D eigenvalue weighted by Crippen LogP contribution is 2.44. The molecule has 124 valence electrons. The van der Waals surface area contributed by atoms with Crippen molar-refractivity contribution in [3.8, 4) is 0 Å². The normalized spacial score (nSPS) is 32.9. The monoisotopic (exact) mass is 302 g/mol. The van der Waals surface area contributed by atoms with Gasteiger partial charge >= 0.3 is 5.97 Å². The van der Waals surface area contributed by atoms with Crippen LogP contribution in [0.1, 0.15) is 65.7 Å². The predicted octanol–water partition coefficient (Wildman–Crippen LogP) is 3.61. The van der Waals surface area contributed by atoms with Crippen molar-refractivity contribution >= 4 is 5.97 Å². The number of hydrogen-bond donors (Lipinski definition) is 0. The molecule has 5 nitrogen and oxygen atoms in total. The molecule has 0 N–H and O–H groups in total. The average molecular weight is 302 g/mol. The Labute approximate surface area is 128 Å². The van der Waals surface area contributed by atoms with Crippen LogP contribution in [0.2, 0.25) is 0 Å². The second kappa shape index (κ2) is 8.11. The summed E-state index contributed by atoms with van der Waals surface area (Å²) in [6, 6.07) is 0. The highest BCUT2D eigenvalue weighted by Gasteiger charge is 2.54. The third-order valence-corrected chi connectivity index (χ3v) is 4.32. The Hall–Kier alpha value is -0.650. The van der Waals surface area contributed by atoms with Gasteiger partial charge in [-0.15, -0.1) is 0 Å². The molecule has 1 saturated heterocycles. The minimum Gasteiger partial charge on any atom is -0.469 e. The molecule has 0 aliphatic carbocycles. The van der Waals surface area contributed by atoms with Gasteiger partial charge in [-0.3, -0.25) is 4.79 Å². The SMILES string of the molecule is CCCC[C@@]1(C)C[C@H](C(=O)OC)[C@](CCCC)(OC)OO1. The van der Waals surface area contributed by atoms with E-state index in [9.17, 15) is 4.79 Å². The molecule has 21 heavy (non-hydrogen) atoms. The first-order valence-electron chi connectivity index (χ1n) is 7.96. The molecule has 5 heteroatoms. The van der Waals surface area contributed by atoms with E-state index < -0.39 is 17.3 Å². The predicted molar refractivity (Wildman–Crippen MR) is 79.5 cm³/mol. The van der Waals surface area contributed by atoms with Gasteiger partial charge in [0.25, 0.3) is 0 Å². The maximum absolute atomic E-state index is 12.2. The van der Waals surface area contributed by atoms with E-state index >= 15 is 0 Å². The lowest BCUT2D eigenvalue weighted by atomic mass is 9.80. The van der Waals surface area contributed by atoms with Gasteiger partial charge in [0.05, 0.1) is 7.11 Å². The van der Waals surface area contributed by atoms with Crippen LogP contribution >= 0.6 is 0 Å². The Bertz CT molecular complexity index is 333. The summed E-state index contributed by atoms with van der Waals surface area (Å²) in [5.41, 5.74) is -0.469. The van der Waals surface area contributed by atoms with Crippen LogP contribution in [0.25, 0.3) is 0 Å². The summed E-state index contributed by atoms with van der Waals surface area (Å²) in [5, 5.41) is 0. The Morgan fingerprint density at radius 2 is 1.76 bits per heavy atom. The number of hydrogen-bond acceptors (Lipinski definition) is 5. The lowest BCUT2D eigenvalue weighted by molar-refractivity contribution is -0.499. The minimum absolute atomic E-state index is 0.293. The van der Waals surface area contributed by atoms with Gasteiger partial charge in [-0.05, 0) is 26.2 Å². The molecular weight excluding hydrogens is 272 g/mol. The molecule has 0 aromatic rings. The second-order valence-corrected chi connectivity index (χ2v) is 6.12. The zero-order valence-electron chi connectivity index (χ0n) is 14.1. The van der Waals surface area contributed by atoms with Crippen molar-refractivity contribution in [2.24, 2.45) is 5.92 Å². The van der Waals surface area contributed by atoms with E-state index in [1.54, 1.807) is 7.11 Å². The number of rotatable bonds is 8. The van der Waals surface area contributed by atoms with Crippen LogP contribution in [-0.2, 0) is 24.0 Å². The van der Waals surface area contributed by atoms with Gasteiger partial charge in [0.1, 0.15) is 11.5 Å². The standard InChI is InChI=1S/C16H30O5/c1-6-8-10-15(3)12-13(14(17)18-4)16(19-5,21-20-15)11-9-7-2/h13H,6-12H2,1-5H3/t13-,15+,16-/m1/s1. The van der Waals surface area contributed by atoms with Gasteiger partial charge < -0.3 is 9.47 Å². The highest BCUT2D eigenvalue weighted by atomic mass is 17.2. The molecular formula is C16H30O5. The molecule has 0 amide bonds. The quantitative estimate of drug-likeness (QED) is 0.506. The van der Waals surface area contributed by atoms with Crippen LogP contribution in [0.3, 0.4) is 0 Å². The van der Waals surface area contributed by atoms with Crippen LogP contribution in [0.15, 0.2) is 0 Å². The highest BCUT2D eigenvalue weighted by molar-refractivity contribution is 5.73. The average Bonchev–Trinajstić information content (AvgIpc) is 2.51. The first-order chi connectivity index (χ1) is 9.97. The fourth-order valence-electron chi connectivity index (χ4n) is 2.87. The van der Waals surface area contributed by atoms with Crippen molar-refractivity contribution in [3.05, 3.63) is 0 Å². The summed E-state index contributed by atoms with van der Waals surface area (Å²) < 4.78 is 10.5. The first-order valence-corrected chi connectivity index (χ1v) is 7.96. The second-order valence-electron chi connectivity index (χ2n) is 6.12. The van der Waals surface area contributed by atoms with Crippen molar-refractivity contribution in [2.45, 2.75) is 77.1 Å². The first kappa shape index (κ1) is 18.4. The lowest BCUT2D eigenvalue weighted by Gasteiger charge is -2.46. The fraction of sp³-hybridized carbons (Fsp3) is 0.938. The number of esters is 1. The molecule has 1 aliphatic heterocycles. The van der Waals surface area contributed by atoms with Gasteiger partial charge in [0.2, 0.25) is 5.79 Å². The molecule has 1 heterocycles. The molecule has 0 unspecified atom stereocenters. The Balaban J connectivity index is 2.93. The van der Waals surface area contributed by atoms with E-state index in [2.05, 4.69) is 13.8 Å². The van der Waals surface area contributed by atoms with Gasteiger partial charge in [-0.1, -0.05) is 33.1 Å². The van der Waals surface area contributed by atoms with Gasteiger partial charge in [0.15, 0.2) is 0 Å². The van der Waals surface area contributed by atoms with Crippen LogP contribution in [0, 0.1) is 5.92 Å². The molecule has 3 atom stereocenters. The minimum atomic E-state index is -1.03.